The quantitative estimate of drug-likeness (QED) is 0.358. The summed E-state index contributed by atoms with van der Waals surface area (Å²) in [5, 5.41) is 12.2. The zero-order valence-corrected chi connectivity index (χ0v) is 16.7. The van der Waals surface area contributed by atoms with Crippen molar-refractivity contribution in [1.82, 2.24) is 0 Å². The number of amides is 1. The Bertz CT molecular complexity index is 1160. The number of hydrogen-bond acceptors (Lipinski definition) is 3. The van der Waals surface area contributed by atoms with Crippen LogP contribution in [0.3, 0.4) is 0 Å². The molecule has 1 amide bonds. The Kier molecular flexibility index (Phi) is 6.47. The molecule has 166 valence electrons. The highest BCUT2D eigenvalue weighted by Gasteiger charge is 2.31. The molecule has 2 aromatic carbocycles. The Balaban J connectivity index is 1.93. The maximum absolute atomic E-state index is 13.0. The molecule has 1 aromatic heterocycles. The predicted octanol–water partition coefficient (Wildman–Crippen LogP) is 6.02. The highest BCUT2D eigenvalue weighted by molar-refractivity contribution is 6.02. The monoisotopic (exact) mass is 447 g/mol. The van der Waals surface area contributed by atoms with Gasteiger partial charge >= 0.3 is 12.1 Å². The molecule has 0 atom stereocenters. The van der Waals surface area contributed by atoms with Crippen LogP contribution >= 0.6 is 0 Å². The largest absolute Gasteiger partial charge is 0.478 e. The molecule has 0 radical (unpaired) electrons. The minimum Gasteiger partial charge on any atom is -0.478 e. The van der Waals surface area contributed by atoms with Crippen LogP contribution in [-0.2, 0) is 17.4 Å². The van der Waals surface area contributed by atoms with E-state index in [0.717, 1.165) is 30.3 Å². The Hall–Kier alpha value is -3.88. The van der Waals surface area contributed by atoms with Gasteiger partial charge in [-0.2, -0.15) is 13.2 Å². The van der Waals surface area contributed by atoms with Crippen LogP contribution in [0.4, 0.5) is 23.2 Å². The van der Waals surface area contributed by atoms with Gasteiger partial charge in [0.05, 0.1) is 5.56 Å². The Morgan fingerprint density at radius 1 is 1.06 bits per heavy atom. The first-order chi connectivity index (χ1) is 15.1. The second-order valence-electron chi connectivity index (χ2n) is 6.71. The van der Waals surface area contributed by atoms with Crippen LogP contribution in [0.25, 0.3) is 17.4 Å². The van der Waals surface area contributed by atoms with Gasteiger partial charge in [-0.1, -0.05) is 19.1 Å². The van der Waals surface area contributed by atoms with Crippen LogP contribution < -0.4 is 5.32 Å². The van der Waals surface area contributed by atoms with Gasteiger partial charge in [0.15, 0.2) is 0 Å². The first-order valence-corrected chi connectivity index (χ1v) is 9.41. The number of anilines is 1. The lowest BCUT2D eigenvalue weighted by molar-refractivity contribution is -0.137. The van der Waals surface area contributed by atoms with E-state index in [9.17, 15) is 32.3 Å². The zero-order chi connectivity index (χ0) is 23.5. The number of benzene rings is 2. The third-order valence-corrected chi connectivity index (χ3v) is 4.58. The van der Waals surface area contributed by atoms with Crippen molar-refractivity contribution >= 4 is 23.6 Å². The fourth-order valence-electron chi connectivity index (χ4n) is 3.08. The Morgan fingerprint density at radius 3 is 2.22 bits per heavy atom. The number of hydrogen-bond donors (Lipinski definition) is 2. The molecule has 3 rings (SSSR count). The van der Waals surface area contributed by atoms with E-state index in [1.807, 2.05) is 0 Å². The Morgan fingerprint density at radius 2 is 1.69 bits per heavy atom. The molecule has 0 aliphatic heterocycles. The molecule has 2 N–H and O–H groups in total. The number of aromatic carboxylic acids is 1. The molecule has 0 aliphatic carbocycles. The highest BCUT2D eigenvalue weighted by Crippen LogP contribution is 2.35. The van der Waals surface area contributed by atoms with Gasteiger partial charge in [0.1, 0.15) is 22.9 Å². The van der Waals surface area contributed by atoms with Gasteiger partial charge in [-0.3, -0.25) is 4.79 Å². The Labute approximate surface area is 180 Å². The molecule has 32 heavy (non-hydrogen) atoms. The van der Waals surface area contributed by atoms with Crippen molar-refractivity contribution < 1.29 is 36.7 Å². The van der Waals surface area contributed by atoms with Crippen molar-refractivity contribution in [2.24, 2.45) is 0 Å². The third-order valence-electron chi connectivity index (χ3n) is 4.58. The number of carbonyl (C=O) groups excluding carboxylic acids is 1. The molecule has 0 saturated heterocycles. The highest BCUT2D eigenvalue weighted by atomic mass is 19.4. The molecular formula is C23H17F4NO4. The van der Waals surface area contributed by atoms with Gasteiger partial charge in [-0.05, 0) is 48.9 Å². The fraction of sp³-hybridized carbons (Fsp3) is 0.130. The summed E-state index contributed by atoms with van der Waals surface area (Å²) in [6.45, 7) is 1.68. The van der Waals surface area contributed by atoms with E-state index in [2.05, 4.69) is 5.32 Å². The van der Waals surface area contributed by atoms with E-state index >= 15 is 0 Å². The third kappa shape index (κ3) is 5.05. The smallest absolute Gasteiger partial charge is 0.416 e. The number of rotatable bonds is 6. The van der Waals surface area contributed by atoms with E-state index in [4.69, 9.17) is 4.42 Å². The van der Waals surface area contributed by atoms with Crippen LogP contribution in [0.5, 0.6) is 0 Å². The maximum atomic E-state index is 13.0. The molecule has 0 saturated carbocycles. The van der Waals surface area contributed by atoms with Crippen molar-refractivity contribution in [2.75, 3.05) is 5.32 Å². The lowest BCUT2D eigenvalue weighted by atomic mass is 10.0. The van der Waals surface area contributed by atoms with Gasteiger partial charge in [-0.15, -0.1) is 0 Å². The average molecular weight is 447 g/mol. The van der Waals surface area contributed by atoms with Gasteiger partial charge in [-0.25, -0.2) is 9.18 Å². The minimum atomic E-state index is -4.53. The average Bonchev–Trinajstić information content (AvgIpc) is 3.12. The summed E-state index contributed by atoms with van der Waals surface area (Å²) in [4.78, 5) is 24.0. The van der Waals surface area contributed by atoms with Crippen LogP contribution in [0.2, 0.25) is 0 Å². The summed E-state index contributed by atoms with van der Waals surface area (Å²) >= 11 is 0. The van der Waals surface area contributed by atoms with Crippen molar-refractivity contribution in [3.05, 3.63) is 82.9 Å². The molecule has 0 unspecified atom stereocenters. The topological polar surface area (TPSA) is 79.5 Å². The summed E-state index contributed by atoms with van der Waals surface area (Å²) in [5.74, 6) is -2.35. The number of halogens is 4. The number of furan rings is 1. The molecule has 3 aromatic rings. The summed E-state index contributed by atoms with van der Waals surface area (Å²) in [7, 11) is 0. The van der Waals surface area contributed by atoms with E-state index in [-0.39, 0.29) is 29.1 Å². The zero-order valence-electron chi connectivity index (χ0n) is 16.7. The molecule has 0 fully saturated rings. The first-order valence-electron chi connectivity index (χ1n) is 9.41. The lowest BCUT2D eigenvalue weighted by Crippen LogP contribution is -2.07. The second-order valence-corrected chi connectivity index (χ2v) is 6.71. The van der Waals surface area contributed by atoms with Crippen LogP contribution in [0.1, 0.15) is 34.2 Å². The summed E-state index contributed by atoms with van der Waals surface area (Å²) < 4.78 is 57.1. The molecule has 1 heterocycles. The molecule has 0 bridgehead atoms. The lowest BCUT2D eigenvalue weighted by Gasteiger charge is -2.07. The summed E-state index contributed by atoms with van der Waals surface area (Å²) in [5.41, 5.74) is -0.268. The number of carboxylic acid groups (broad SMARTS) is 1. The van der Waals surface area contributed by atoms with Crippen molar-refractivity contribution in [1.29, 1.82) is 0 Å². The minimum absolute atomic E-state index is 0.0917. The number of alkyl halides is 3. The first kappa shape index (κ1) is 22.8. The van der Waals surface area contributed by atoms with Crippen LogP contribution in [-0.4, -0.2) is 17.0 Å². The van der Waals surface area contributed by atoms with E-state index < -0.39 is 29.4 Å². The standard InChI is InChI=1S/C23H17F4NO4/c1-2-17-18(11-12-19(29)28-16-9-7-15(24)8-10-16)32-21(20(17)22(30)31)13-3-5-14(6-4-13)23(25,26)27/h3-12H,2H2,1H3,(H,28,29)(H,30,31)/b12-11+. The summed E-state index contributed by atoms with van der Waals surface area (Å²) in [6.07, 6.45) is -1.90. The fourth-order valence-corrected chi connectivity index (χ4v) is 3.08. The molecule has 9 heteroatoms. The van der Waals surface area contributed by atoms with Crippen molar-refractivity contribution in [2.45, 2.75) is 19.5 Å². The second kappa shape index (κ2) is 9.09. The molecular weight excluding hydrogens is 430 g/mol. The van der Waals surface area contributed by atoms with Gasteiger partial charge < -0.3 is 14.8 Å². The number of carbonyl (C=O) groups is 2. The molecule has 5 nitrogen and oxygen atoms in total. The number of carboxylic acids is 1. The van der Waals surface area contributed by atoms with Crippen molar-refractivity contribution in [3.63, 3.8) is 0 Å². The summed E-state index contributed by atoms with van der Waals surface area (Å²) in [6, 6.07) is 9.02. The van der Waals surface area contributed by atoms with Gasteiger partial charge in [0.25, 0.3) is 0 Å². The maximum Gasteiger partial charge on any atom is 0.416 e. The van der Waals surface area contributed by atoms with E-state index in [0.29, 0.717) is 11.3 Å². The van der Waals surface area contributed by atoms with Gasteiger partial charge in [0.2, 0.25) is 5.91 Å². The molecule has 0 aliphatic rings. The van der Waals surface area contributed by atoms with E-state index in [1.165, 1.54) is 30.3 Å². The van der Waals surface area contributed by atoms with Crippen molar-refractivity contribution in [3.8, 4) is 11.3 Å². The van der Waals surface area contributed by atoms with Crippen LogP contribution in [0.15, 0.2) is 59.0 Å². The molecule has 0 spiro atoms. The van der Waals surface area contributed by atoms with Crippen LogP contribution in [0, 0.1) is 5.82 Å². The number of nitrogens with one attached hydrogen (secondary N) is 1. The van der Waals surface area contributed by atoms with Gasteiger partial charge in [0, 0.05) is 22.9 Å². The normalized spacial score (nSPS) is 11.7. The SMILES string of the molecule is CCc1c(/C=C/C(=O)Nc2ccc(F)cc2)oc(-c2ccc(C(F)(F)F)cc2)c1C(=O)O. The van der Waals surface area contributed by atoms with E-state index in [1.54, 1.807) is 6.92 Å². The predicted molar refractivity (Wildman–Crippen MR) is 110 cm³/mol.